The summed E-state index contributed by atoms with van der Waals surface area (Å²) in [7, 11) is 0. The molecule has 4 aliphatic carbocycles. The summed E-state index contributed by atoms with van der Waals surface area (Å²) in [6, 6.07) is 8.04. The van der Waals surface area contributed by atoms with Crippen molar-refractivity contribution in [2.45, 2.75) is 89.1 Å². The molecule has 0 radical (unpaired) electrons. The van der Waals surface area contributed by atoms with Gasteiger partial charge in [0.15, 0.2) is 17.4 Å². The predicted molar refractivity (Wildman–Crippen MR) is 145 cm³/mol. The lowest BCUT2D eigenvalue weighted by Crippen LogP contribution is -2.63. The van der Waals surface area contributed by atoms with Crippen molar-refractivity contribution in [2.24, 2.45) is 28.6 Å². The van der Waals surface area contributed by atoms with E-state index in [1.54, 1.807) is 26.0 Å². The summed E-state index contributed by atoms with van der Waals surface area (Å²) in [5.74, 6) is -0.838. The highest BCUT2D eigenvalue weighted by Gasteiger charge is 2.69. The number of rotatable bonds is 6. The van der Waals surface area contributed by atoms with Gasteiger partial charge in [-0.25, -0.2) is 0 Å². The molecule has 3 saturated carbocycles. The van der Waals surface area contributed by atoms with Gasteiger partial charge in [0, 0.05) is 21.6 Å². The van der Waals surface area contributed by atoms with Crippen molar-refractivity contribution in [2.75, 3.05) is 5.75 Å². The van der Waals surface area contributed by atoms with Crippen LogP contribution in [0.15, 0.2) is 53.0 Å². The molecule has 7 atom stereocenters. The number of ether oxygens (including phenoxy) is 1. The summed E-state index contributed by atoms with van der Waals surface area (Å²) in [6.07, 6.45) is 8.27. The maximum atomic E-state index is 14.2. The Bertz CT molecular complexity index is 1160. The molecule has 0 amide bonds. The van der Waals surface area contributed by atoms with Gasteiger partial charge in [0.2, 0.25) is 0 Å². The topological polar surface area (TPSA) is 83.8 Å². The molecule has 5 rings (SSSR count). The molecule has 5 unspecified atom stereocenters. The van der Waals surface area contributed by atoms with Crippen LogP contribution < -0.4 is 0 Å². The molecule has 3 fully saturated rings. The van der Waals surface area contributed by atoms with Crippen LogP contribution in [0.25, 0.3) is 0 Å². The Labute approximate surface area is 224 Å². The number of hydrogen-bond donors (Lipinski definition) is 2. The number of aryl methyl sites for hydroxylation is 1. The van der Waals surface area contributed by atoms with Crippen molar-refractivity contribution in [1.29, 1.82) is 0 Å². The van der Waals surface area contributed by atoms with E-state index in [2.05, 4.69) is 13.8 Å². The summed E-state index contributed by atoms with van der Waals surface area (Å²) in [5, 5.41) is 22.6. The van der Waals surface area contributed by atoms with Gasteiger partial charge in [-0.1, -0.05) is 43.7 Å². The van der Waals surface area contributed by atoms with Crippen molar-refractivity contribution in [1.82, 2.24) is 0 Å². The maximum absolute atomic E-state index is 14.2. The zero-order valence-corrected chi connectivity index (χ0v) is 23.4. The standard InChI is InChI=1S/C31H40O5S/c1-19-8-6-7-9-25(19)37-18-26(34)31(36-28(2,3)35)15-13-23-22-11-10-20-16-21(32)12-14-29(20,4)27(22)24(33)17-30(23,31)5/h6-9,12,14,16,22-24,27,33,35H,10-11,13,15,17-18H2,1-5H3/t22?,23?,24-,27?,29?,30?,31-/m0/s1. The van der Waals surface area contributed by atoms with Gasteiger partial charge in [-0.05, 0) is 88.5 Å². The first kappa shape index (κ1) is 26.9. The second kappa shape index (κ2) is 9.18. The molecule has 0 aliphatic heterocycles. The molecule has 6 heteroatoms. The van der Waals surface area contributed by atoms with Gasteiger partial charge in [0.1, 0.15) is 5.60 Å². The van der Waals surface area contributed by atoms with E-state index in [0.29, 0.717) is 12.8 Å². The Hall–Kier alpha value is -1.73. The van der Waals surface area contributed by atoms with Gasteiger partial charge in [-0.3, -0.25) is 9.59 Å². The Balaban J connectivity index is 1.49. The number of fused-ring (bicyclic) bond motifs is 5. The number of thioether (sulfide) groups is 1. The number of aliphatic hydroxyl groups is 2. The monoisotopic (exact) mass is 524 g/mol. The number of carbonyl (C=O) groups is 2. The number of aliphatic hydroxyl groups excluding tert-OH is 1. The molecule has 200 valence electrons. The zero-order valence-electron chi connectivity index (χ0n) is 22.6. The fourth-order valence-corrected chi connectivity index (χ4v) is 9.39. The number of ketones is 2. The van der Waals surface area contributed by atoms with Crippen molar-refractivity contribution >= 4 is 23.3 Å². The third-order valence-corrected chi connectivity index (χ3v) is 11.1. The second-order valence-corrected chi connectivity index (χ2v) is 13.6. The Morgan fingerprint density at radius 1 is 1.22 bits per heavy atom. The van der Waals surface area contributed by atoms with Crippen molar-refractivity contribution < 1.29 is 24.5 Å². The third kappa shape index (κ3) is 4.28. The van der Waals surface area contributed by atoms with Gasteiger partial charge in [0.05, 0.1) is 11.9 Å². The molecule has 0 saturated heterocycles. The molecule has 4 aliphatic rings. The first-order valence-corrected chi connectivity index (χ1v) is 14.6. The van der Waals surface area contributed by atoms with Crippen molar-refractivity contribution in [3.05, 3.63) is 53.6 Å². The van der Waals surface area contributed by atoms with E-state index < -0.39 is 22.9 Å². The number of benzene rings is 1. The average Bonchev–Trinajstić information content (AvgIpc) is 3.09. The van der Waals surface area contributed by atoms with E-state index in [1.807, 2.05) is 37.3 Å². The van der Waals surface area contributed by atoms with E-state index in [9.17, 15) is 19.8 Å². The Morgan fingerprint density at radius 3 is 2.65 bits per heavy atom. The van der Waals surface area contributed by atoms with Crippen LogP contribution in [0.1, 0.15) is 65.4 Å². The molecule has 0 bridgehead atoms. The minimum absolute atomic E-state index is 0.00990. The van der Waals surface area contributed by atoms with Crippen LogP contribution in [0.2, 0.25) is 0 Å². The van der Waals surface area contributed by atoms with Crippen molar-refractivity contribution in [3.8, 4) is 0 Å². The Kier molecular flexibility index (Phi) is 6.67. The van der Waals surface area contributed by atoms with Crippen molar-refractivity contribution in [3.63, 3.8) is 0 Å². The van der Waals surface area contributed by atoms with E-state index in [0.717, 1.165) is 35.3 Å². The van der Waals surface area contributed by atoms with E-state index >= 15 is 0 Å². The Morgan fingerprint density at radius 2 is 1.95 bits per heavy atom. The largest absolute Gasteiger partial charge is 0.393 e. The van der Waals surface area contributed by atoms with Gasteiger partial charge >= 0.3 is 0 Å². The van der Waals surface area contributed by atoms with E-state index in [1.165, 1.54) is 11.8 Å². The lowest BCUT2D eigenvalue weighted by Gasteiger charge is -2.60. The third-order valence-electron chi connectivity index (χ3n) is 9.94. The molecule has 2 N–H and O–H groups in total. The lowest BCUT2D eigenvalue weighted by molar-refractivity contribution is -0.276. The van der Waals surface area contributed by atoms with Gasteiger partial charge in [-0.2, -0.15) is 0 Å². The number of carbonyl (C=O) groups excluding carboxylic acids is 2. The van der Waals surface area contributed by atoms with Crippen LogP contribution >= 0.6 is 11.8 Å². The summed E-state index contributed by atoms with van der Waals surface area (Å²) in [5.41, 5.74) is 0.106. The zero-order chi connectivity index (χ0) is 26.8. The quantitative estimate of drug-likeness (QED) is 0.382. The van der Waals surface area contributed by atoms with Gasteiger partial charge in [0.25, 0.3) is 0 Å². The molecule has 1 aromatic carbocycles. The minimum atomic E-state index is -1.48. The molecular weight excluding hydrogens is 484 g/mol. The van der Waals surface area contributed by atoms with Crippen LogP contribution in [-0.4, -0.2) is 45.0 Å². The SMILES string of the molecule is Cc1ccccc1SCC(=O)[C@@]1(OC(C)(C)O)CCC2C3CCC4=CC(=O)C=CC4(C)C3[C@@H](O)CC21C. The summed E-state index contributed by atoms with van der Waals surface area (Å²) >= 11 is 1.52. The molecule has 37 heavy (non-hydrogen) atoms. The smallest absolute Gasteiger partial charge is 0.178 e. The molecule has 0 heterocycles. The summed E-state index contributed by atoms with van der Waals surface area (Å²) < 4.78 is 6.42. The minimum Gasteiger partial charge on any atom is -0.393 e. The molecule has 1 aromatic rings. The van der Waals surface area contributed by atoms with E-state index in [-0.39, 0.29) is 40.5 Å². The van der Waals surface area contributed by atoms with Gasteiger partial charge in [-0.15, -0.1) is 11.8 Å². The molecule has 0 spiro atoms. The van der Waals surface area contributed by atoms with Crippen LogP contribution in [-0.2, 0) is 14.3 Å². The number of hydrogen-bond acceptors (Lipinski definition) is 6. The first-order chi connectivity index (χ1) is 17.3. The fourth-order valence-electron chi connectivity index (χ4n) is 8.40. The van der Waals surface area contributed by atoms with Crippen LogP contribution in [0.4, 0.5) is 0 Å². The molecule has 5 nitrogen and oxygen atoms in total. The fraction of sp³-hybridized carbons (Fsp3) is 0.613. The van der Waals surface area contributed by atoms with Crippen LogP contribution in [0.3, 0.4) is 0 Å². The lowest BCUT2D eigenvalue weighted by atomic mass is 9.46. The van der Waals surface area contributed by atoms with Crippen LogP contribution in [0, 0.1) is 35.5 Å². The highest BCUT2D eigenvalue weighted by Crippen LogP contribution is 2.68. The normalized spacial score (nSPS) is 39.0. The summed E-state index contributed by atoms with van der Waals surface area (Å²) in [6.45, 7) is 9.50. The number of allylic oxidation sites excluding steroid dienone is 4. The first-order valence-electron chi connectivity index (χ1n) is 13.6. The highest BCUT2D eigenvalue weighted by atomic mass is 32.2. The molecule has 0 aromatic heterocycles. The van der Waals surface area contributed by atoms with Crippen LogP contribution in [0.5, 0.6) is 0 Å². The maximum Gasteiger partial charge on any atom is 0.178 e. The van der Waals surface area contributed by atoms with Gasteiger partial charge < -0.3 is 14.9 Å². The average molecular weight is 525 g/mol. The second-order valence-electron chi connectivity index (χ2n) is 12.6. The van der Waals surface area contributed by atoms with E-state index in [4.69, 9.17) is 4.74 Å². The molecular formula is C31H40O5S. The highest BCUT2D eigenvalue weighted by molar-refractivity contribution is 8.00. The number of Topliss-reactive ketones (excluding diaryl/α,β-unsaturated/α-hetero) is 1. The summed E-state index contributed by atoms with van der Waals surface area (Å²) in [4.78, 5) is 27.4. The predicted octanol–water partition coefficient (Wildman–Crippen LogP) is 5.42.